The Morgan fingerprint density at radius 3 is 2.73 bits per heavy atom. The first kappa shape index (κ1) is 23.2. The second kappa shape index (κ2) is 9.03. The van der Waals surface area contributed by atoms with E-state index in [-0.39, 0.29) is 18.2 Å². The van der Waals surface area contributed by atoms with Crippen LogP contribution < -0.4 is 9.47 Å². The molecule has 8 heteroatoms. The highest BCUT2D eigenvalue weighted by molar-refractivity contribution is 5.77. The first-order valence-electron chi connectivity index (χ1n) is 12.3. The molecule has 2 atom stereocenters. The van der Waals surface area contributed by atoms with E-state index in [1.54, 1.807) is 17.1 Å². The van der Waals surface area contributed by atoms with Gasteiger partial charge in [0.05, 0.1) is 18.7 Å². The summed E-state index contributed by atoms with van der Waals surface area (Å²) in [5.41, 5.74) is 7.65. The summed E-state index contributed by atoms with van der Waals surface area (Å²) in [5, 5.41) is 13.4. The van der Waals surface area contributed by atoms with Crippen LogP contribution in [0.2, 0.25) is 0 Å². The number of carboxylic acid groups (broad SMARTS) is 1. The molecule has 1 N–H and O–H groups in total. The third-order valence-electron chi connectivity index (χ3n) is 7.32. The molecule has 1 unspecified atom stereocenters. The predicted octanol–water partition coefficient (Wildman–Crippen LogP) is 5.71. The summed E-state index contributed by atoms with van der Waals surface area (Å²) in [6.45, 7) is 4.46. The lowest BCUT2D eigenvalue weighted by Gasteiger charge is -2.19. The fourth-order valence-corrected chi connectivity index (χ4v) is 5.74. The number of benzene rings is 3. The summed E-state index contributed by atoms with van der Waals surface area (Å²) in [5.74, 6) is -0.0723. The van der Waals surface area contributed by atoms with Crippen molar-refractivity contribution < 1.29 is 23.8 Å². The second-order valence-electron chi connectivity index (χ2n) is 9.73. The Hall–Kier alpha value is -4.20. The summed E-state index contributed by atoms with van der Waals surface area (Å²) in [4.78, 5) is 15.2. The molecular weight excluding hydrogens is 473 g/mol. The number of nitrogens with zero attached hydrogens (tertiary/aromatic N) is 3. The van der Waals surface area contributed by atoms with Crippen molar-refractivity contribution in [3.8, 4) is 28.3 Å². The largest absolute Gasteiger partial charge is 0.492 e. The van der Waals surface area contributed by atoms with E-state index in [4.69, 9.17) is 14.6 Å². The fraction of sp³-hybridized carbons (Fsp3) is 0.276. The Bertz CT molecular complexity index is 1490. The molecule has 2 aliphatic rings. The number of aliphatic carboxylic acids is 1. The lowest BCUT2D eigenvalue weighted by atomic mass is 9.90. The Kier molecular flexibility index (Phi) is 5.67. The minimum Gasteiger partial charge on any atom is -0.492 e. The maximum absolute atomic E-state index is 15.2. The van der Waals surface area contributed by atoms with Crippen molar-refractivity contribution >= 4 is 5.97 Å². The van der Waals surface area contributed by atoms with Gasteiger partial charge in [0, 0.05) is 23.1 Å². The number of aromatic nitrogens is 3. The van der Waals surface area contributed by atoms with Crippen LogP contribution in [0.4, 0.5) is 4.39 Å². The molecule has 0 amide bonds. The van der Waals surface area contributed by atoms with E-state index < -0.39 is 12.1 Å². The van der Waals surface area contributed by atoms with Crippen molar-refractivity contribution in [3.05, 3.63) is 88.8 Å². The average molecular weight is 500 g/mol. The molecule has 2 heterocycles. The summed E-state index contributed by atoms with van der Waals surface area (Å²) in [7, 11) is 0. The number of fused-ring (bicyclic) bond motifs is 2. The zero-order valence-electron chi connectivity index (χ0n) is 20.6. The minimum absolute atomic E-state index is 0.0236. The van der Waals surface area contributed by atoms with Gasteiger partial charge in [-0.2, -0.15) is 5.10 Å². The van der Waals surface area contributed by atoms with E-state index in [1.165, 1.54) is 12.4 Å². The van der Waals surface area contributed by atoms with E-state index in [0.29, 0.717) is 36.5 Å². The summed E-state index contributed by atoms with van der Waals surface area (Å²) in [6.07, 6.45) is 4.15. The van der Waals surface area contributed by atoms with Crippen LogP contribution >= 0.6 is 0 Å². The molecule has 0 saturated carbocycles. The second-order valence-corrected chi connectivity index (χ2v) is 9.73. The molecule has 0 spiro atoms. The molecule has 37 heavy (non-hydrogen) atoms. The predicted molar refractivity (Wildman–Crippen MR) is 135 cm³/mol. The van der Waals surface area contributed by atoms with Crippen LogP contribution in [0.15, 0.2) is 55.1 Å². The zero-order chi connectivity index (χ0) is 25.7. The van der Waals surface area contributed by atoms with Gasteiger partial charge in [0.15, 0.2) is 0 Å². The summed E-state index contributed by atoms with van der Waals surface area (Å²) in [6, 6.07) is 13.0. The highest BCUT2D eigenvalue weighted by Crippen LogP contribution is 2.45. The fourth-order valence-electron chi connectivity index (χ4n) is 5.74. The molecule has 1 aliphatic heterocycles. The van der Waals surface area contributed by atoms with Crippen LogP contribution in [-0.4, -0.2) is 32.4 Å². The molecule has 7 nitrogen and oxygen atoms in total. The highest BCUT2D eigenvalue weighted by Gasteiger charge is 2.32. The number of rotatable bonds is 6. The smallest absolute Gasteiger partial charge is 0.304 e. The van der Waals surface area contributed by atoms with E-state index in [1.807, 2.05) is 18.2 Å². The van der Waals surface area contributed by atoms with Gasteiger partial charge in [0.1, 0.15) is 36.1 Å². The van der Waals surface area contributed by atoms with Gasteiger partial charge in [-0.05, 0) is 78.8 Å². The van der Waals surface area contributed by atoms with Gasteiger partial charge in [0.25, 0.3) is 0 Å². The minimum atomic E-state index is -0.853. The molecule has 188 valence electrons. The third kappa shape index (κ3) is 4.12. The van der Waals surface area contributed by atoms with Crippen LogP contribution in [-0.2, 0) is 11.2 Å². The average Bonchev–Trinajstić information content (AvgIpc) is 3.61. The van der Waals surface area contributed by atoms with Crippen molar-refractivity contribution in [2.24, 2.45) is 0 Å². The van der Waals surface area contributed by atoms with Gasteiger partial charge < -0.3 is 14.6 Å². The number of hydrogen-bond donors (Lipinski definition) is 1. The number of carbonyl (C=O) groups is 1. The van der Waals surface area contributed by atoms with Crippen molar-refractivity contribution in [3.63, 3.8) is 0 Å². The van der Waals surface area contributed by atoms with E-state index in [2.05, 4.69) is 36.1 Å². The molecule has 0 radical (unpaired) electrons. The van der Waals surface area contributed by atoms with E-state index in [0.717, 1.165) is 39.1 Å². The Balaban J connectivity index is 1.31. The van der Waals surface area contributed by atoms with Crippen LogP contribution in [0.25, 0.3) is 16.8 Å². The van der Waals surface area contributed by atoms with Gasteiger partial charge in [0.2, 0.25) is 0 Å². The summed E-state index contributed by atoms with van der Waals surface area (Å²) < 4.78 is 28.9. The van der Waals surface area contributed by atoms with Gasteiger partial charge in [-0.25, -0.2) is 14.1 Å². The van der Waals surface area contributed by atoms with Crippen LogP contribution in [0.5, 0.6) is 11.5 Å². The maximum Gasteiger partial charge on any atom is 0.304 e. The first-order valence-corrected chi connectivity index (χ1v) is 12.3. The Labute approximate surface area is 213 Å². The highest BCUT2D eigenvalue weighted by atomic mass is 19.1. The molecule has 4 aromatic rings. The normalized spacial score (nSPS) is 17.8. The monoisotopic (exact) mass is 499 g/mol. The number of halogens is 1. The van der Waals surface area contributed by atoms with E-state index >= 15 is 4.39 Å². The standard InChI is InChI=1S/C29H26FN3O4/c1-16-9-19(33-15-31-14-32-33)10-17(2)28(16)22-5-7-24(30)29-23(22)6-8-25(29)37-20-3-4-21-18(11-27(34)35)13-36-26(21)12-20/h3-5,7,9-10,12,14-15,18,25H,6,8,11,13H2,1-2H3,(H,34,35)/t18?,25-/m1/s1. The van der Waals surface area contributed by atoms with E-state index in [9.17, 15) is 4.79 Å². The summed E-state index contributed by atoms with van der Waals surface area (Å²) >= 11 is 0. The number of aryl methyl sites for hydroxylation is 2. The molecular formula is C29H26FN3O4. The first-order chi connectivity index (χ1) is 17.9. The van der Waals surface area contributed by atoms with Crippen molar-refractivity contribution in [1.29, 1.82) is 0 Å². The SMILES string of the molecule is Cc1cc(-n2cncn2)cc(C)c1-c1ccc(F)c2c1CC[C@H]2Oc1ccc2c(c1)OCC2CC(=O)O. The number of ether oxygens (including phenoxy) is 2. The van der Waals surface area contributed by atoms with Gasteiger partial charge in [-0.3, -0.25) is 4.79 Å². The Morgan fingerprint density at radius 2 is 2.00 bits per heavy atom. The van der Waals surface area contributed by atoms with Gasteiger partial charge in [-0.15, -0.1) is 0 Å². The zero-order valence-corrected chi connectivity index (χ0v) is 20.6. The van der Waals surface area contributed by atoms with Gasteiger partial charge >= 0.3 is 5.97 Å². The maximum atomic E-state index is 15.2. The van der Waals surface area contributed by atoms with Crippen LogP contribution in [0.1, 0.15) is 52.7 Å². The van der Waals surface area contributed by atoms with Crippen molar-refractivity contribution in [2.75, 3.05) is 6.61 Å². The number of carboxylic acids is 1. The van der Waals surface area contributed by atoms with Crippen molar-refractivity contribution in [2.45, 2.75) is 45.1 Å². The Morgan fingerprint density at radius 1 is 1.19 bits per heavy atom. The molecule has 1 aromatic heterocycles. The molecule has 0 fully saturated rings. The molecule has 0 bridgehead atoms. The van der Waals surface area contributed by atoms with Crippen molar-refractivity contribution in [1.82, 2.24) is 14.8 Å². The molecule has 3 aromatic carbocycles. The number of hydrogen-bond acceptors (Lipinski definition) is 5. The van der Waals surface area contributed by atoms with Crippen LogP contribution in [0, 0.1) is 19.7 Å². The topological polar surface area (TPSA) is 86.5 Å². The molecule has 1 aliphatic carbocycles. The molecule has 0 saturated heterocycles. The lowest BCUT2D eigenvalue weighted by Crippen LogP contribution is -2.07. The van der Waals surface area contributed by atoms with Crippen LogP contribution in [0.3, 0.4) is 0 Å². The quantitative estimate of drug-likeness (QED) is 0.366. The lowest BCUT2D eigenvalue weighted by molar-refractivity contribution is -0.137. The molecule has 6 rings (SSSR count). The van der Waals surface area contributed by atoms with Gasteiger partial charge in [-0.1, -0.05) is 12.1 Å². The third-order valence-corrected chi connectivity index (χ3v) is 7.32.